The summed E-state index contributed by atoms with van der Waals surface area (Å²) in [4.78, 5) is 24.7. The third-order valence-corrected chi connectivity index (χ3v) is 5.77. The molecule has 0 aliphatic heterocycles. The Morgan fingerprint density at radius 3 is 2.50 bits per heavy atom. The summed E-state index contributed by atoms with van der Waals surface area (Å²) in [6, 6.07) is 0. The maximum atomic E-state index is 12.7. The normalized spacial score (nSPS) is 34.5. The van der Waals surface area contributed by atoms with Gasteiger partial charge in [0, 0.05) is 5.41 Å². The summed E-state index contributed by atoms with van der Waals surface area (Å²) < 4.78 is 5.10. The van der Waals surface area contributed by atoms with Gasteiger partial charge >= 0.3 is 5.97 Å². The summed E-state index contributed by atoms with van der Waals surface area (Å²) in [6.07, 6.45) is 4.61. The second kappa shape index (κ2) is 5.01. The van der Waals surface area contributed by atoms with Crippen molar-refractivity contribution in [3.63, 3.8) is 0 Å². The lowest BCUT2D eigenvalue weighted by Gasteiger charge is -2.31. The molecule has 0 heterocycles. The molecule has 0 aromatic rings. The summed E-state index contributed by atoms with van der Waals surface area (Å²) >= 11 is 0. The molecule has 3 nitrogen and oxygen atoms in total. The molecule has 20 heavy (non-hydrogen) atoms. The first kappa shape index (κ1) is 15.3. The highest BCUT2D eigenvalue weighted by Gasteiger charge is 2.63. The van der Waals surface area contributed by atoms with Crippen LogP contribution in [0.2, 0.25) is 0 Å². The van der Waals surface area contributed by atoms with E-state index in [1.165, 1.54) is 0 Å². The number of fused-ring (bicyclic) bond motifs is 2. The van der Waals surface area contributed by atoms with Gasteiger partial charge in [0.25, 0.3) is 0 Å². The molecule has 0 unspecified atom stereocenters. The molecule has 2 fully saturated rings. The van der Waals surface area contributed by atoms with Crippen molar-refractivity contribution in [3.8, 4) is 0 Å². The number of ketones is 1. The molecule has 0 radical (unpaired) electrons. The van der Waals surface area contributed by atoms with Crippen molar-refractivity contribution in [2.24, 2.45) is 22.7 Å². The lowest BCUT2D eigenvalue weighted by molar-refractivity contribution is -0.146. The Balaban J connectivity index is 2.32. The van der Waals surface area contributed by atoms with Crippen molar-refractivity contribution >= 4 is 11.8 Å². The van der Waals surface area contributed by atoms with Crippen LogP contribution in [0.3, 0.4) is 0 Å². The minimum atomic E-state index is -0.285. The van der Waals surface area contributed by atoms with Gasteiger partial charge in [-0.25, -0.2) is 0 Å². The number of rotatable bonds is 4. The van der Waals surface area contributed by atoms with Crippen LogP contribution in [0.4, 0.5) is 0 Å². The highest BCUT2D eigenvalue weighted by atomic mass is 16.5. The van der Waals surface area contributed by atoms with Crippen molar-refractivity contribution in [1.82, 2.24) is 0 Å². The van der Waals surface area contributed by atoms with E-state index in [9.17, 15) is 9.59 Å². The predicted molar refractivity (Wildman–Crippen MR) is 78.1 cm³/mol. The first-order valence-electron chi connectivity index (χ1n) is 7.72. The maximum Gasteiger partial charge on any atom is 0.312 e. The molecule has 0 spiro atoms. The fraction of sp³-hybridized carbons (Fsp3) is 0.765. The highest BCUT2D eigenvalue weighted by Crippen LogP contribution is 2.65. The molecule has 3 heteroatoms. The van der Waals surface area contributed by atoms with Gasteiger partial charge in [-0.1, -0.05) is 33.8 Å². The molecule has 112 valence electrons. The molecule has 0 saturated heterocycles. The second-order valence-electron chi connectivity index (χ2n) is 6.86. The second-order valence-corrected chi connectivity index (χ2v) is 6.86. The molecule has 0 amide bonds. The van der Waals surface area contributed by atoms with Crippen molar-refractivity contribution in [2.75, 3.05) is 6.61 Å². The van der Waals surface area contributed by atoms with Crippen LogP contribution in [0.1, 0.15) is 53.9 Å². The number of allylic oxidation sites excluding steroid dienone is 1. The Morgan fingerprint density at radius 1 is 1.40 bits per heavy atom. The Hall–Kier alpha value is -1.12. The van der Waals surface area contributed by atoms with Crippen molar-refractivity contribution in [2.45, 2.75) is 53.9 Å². The summed E-state index contributed by atoms with van der Waals surface area (Å²) in [5.41, 5.74) is 0.628. The number of Topliss-reactive ketones (excluding diaryl/α,β-unsaturated/α-hetero) is 1. The first-order chi connectivity index (χ1) is 9.29. The van der Waals surface area contributed by atoms with Crippen LogP contribution in [0.15, 0.2) is 11.6 Å². The van der Waals surface area contributed by atoms with E-state index in [1.54, 1.807) is 0 Å². The molecule has 0 aromatic heterocycles. The zero-order valence-electron chi connectivity index (χ0n) is 13.3. The molecule has 2 rings (SSSR count). The molecule has 0 N–H and O–H groups in total. The molecule has 2 aliphatic carbocycles. The van der Waals surface area contributed by atoms with Gasteiger partial charge in [-0.05, 0) is 43.1 Å². The number of esters is 1. The van der Waals surface area contributed by atoms with Gasteiger partial charge in [-0.3, -0.25) is 9.59 Å². The average molecular weight is 278 g/mol. The molecule has 2 aliphatic rings. The predicted octanol–water partition coefficient (Wildman–Crippen LogP) is 3.53. The van der Waals surface area contributed by atoms with Crippen LogP contribution in [-0.2, 0) is 14.3 Å². The molecular weight excluding hydrogens is 252 g/mol. The third kappa shape index (κ3) is 1.94. The number of carbonyl (C=O) groups is 2. The molecule has 3 atom stereocenters. The van der Waals surface area contributed by atoms with Crippen LogP contribution in [0.25, 0.3) is 0 Å². The van der Waals surface area contributed by atoms with Crippen LogP contribution < -0.4 is 0 Å². The Labute approximate surface area is 121 Å². The van der Waals surface area contributed by atoms with Crippen LogP contribution in [0, 0.1) is 22.7 Å². The van der Waals surface area contributed by atoms with E-state index in [0.717, 1.165) is 18.4 Å². The maximum absolute atomic E-state index is 12.7. The fourth-order valence-corrected chi connectivity index (χ4v) is 3.94. The number of carbonyl (C=O) groups excluding carboxylic acids is 2. The Morgan fingerprint density at radius 2 is 2.05 bits per heavy atom. The molecule has 2 bridgehead atoms. The standard InChI is InChI=1S/C17H26O3/c1-6-11(15(19)20-7-2)10-12-13-8-9-17(5,14(12)18)16(13,3)4/h10-11,13H,6-9H2,1-5H3/b12-10-/t11-,13-,17-/m0/s1. The van der Waals surface area contributed by atoms with E-state index in [4.69, 9.17) is 4.74 Å². The summed E-state index contributed by atoms with van der Waals surface area (Å²) in [5, 5.41) is 0. The van der Waals surface area contributed by atoms with Gasteiger partial charge in [0.2, 0.25) is 0 Å². The van der Waals surface area contributed by atoms with Gasteiger partial charge in [-0.15, -0.1) is 0 Å². The summed E-state index contributed by atoms with van der Waals surface area (Å²) in [6.45, 7) is 10.6. The zero-order valence-corrected chi connectivity index (χ0v) is 13.3. The van der Waals surface area contributed by atoms with Gasteiger partial charge in [0.15, 0.2) is 5.78 Å². The van der Waals surface area contributed by atoms with Crippen molar-refractivity contribution < 1.29 is 14.3 Å². The van der Waals surface area contributed by atoms with E-state index >= 15 is 0 Å². The van der Waals surface area contributed by atoms with Crippen LogP contribution >= 0.6 is 0 Å². The van der Waals surface area contributed by atoms with E-state index in [1.807, 2.05) is 19.9 Å². The monoisotopic (exact) mass is 278 g/mol. The van der Waals surface area contributed by atoms with E-state index in [0.29, 0.717) is 18.9 Å². The third-order valence-electron chi connectivity index (χ3n) is 5.77. The fourth-order valence-electron chi connectivity index (χ4n) is 3.94. The van der Waals surface area contributed by atoms with Gasteiger partial charge < -0.3 is 4.74 Å². The van der Waals surface area contributed by atoms with Crippen LogP contribution in [0.5, 0.6) is 0 Å². The number of hydrogen-bond acceptors (Lipinski definition) is 3. The first-order valence-corrected chi connectivity index (χ1v) is 7.72. The van der Waals surface area contributed by atoms with Crippen LogP contribution in [-0.4, -0.2) is 18.4 Å². The quantitative estimate of drug-likeness (QED) is 0.583. The average Bonchev–Trinajstić information content (AvgIpc) is 2.69. The zero-order chi connectivity index (χ0) is 15.1. The lowest BCUT2D eigenvalue weighted by Crippen LogP contribution is -2.32. The van der Waals surface area contributed by atoms with E-state index in [2.05, 4.69) is 20.8 Å². The van der Waals surface area contributed by atoms with Crippen molar-refractivity contribution in [1.29, 1.82) is 0 Å². The summed E-state index contributed by atoms with van der Waals surface area (Å²) in [5.74, 6) is 0.0543. The largest absolute Gasteiger partial charge is 0.466 e. The van der Waals surface area contributed by atoms with E-state index < -0.39 is 0 Å². The minimum absolute atomic E-state index is 0.00285. The van der Waals surface area contributed by atoms with Gasteiger partial charge in [0.1, 0.15) is 0 Å². The lowest BCUT2D eigenvalue weighted by atomic mass is 9.70. The van der Waals surface area contributed by atoms with Crippen molar-refractivity contribution in [3.05, 3.63) is 11.6 Å². The molecule has 2 saturated carbocycles. The SMILES string of the molecule is CCOC(=O)[C@H](/C=C1\C(=O)[C@]2(C)CC[C@@H]1C2(C)C)CC. The minimum Gasteiger partial charge on any atom is -0.466 e. The van der Waals surface area contributed by atoms with Gasteiger partial charge in [-0.2, -0.15) is 0 Å². The Bertz CT molecular complexity index is 461. The number of ether oxygens (including phenoxy) is 1. The van der Waals surface area contributed by atoms with E-state index in [-0.39, 0.29) is 28.5 Å². The summed E-state index contributed by atoms with van der Waals surface area (Å²) in [7, 11) is 0. The topological polar surface area (TPSA) is 43.4 Å². The number of hydrogen-bond donors (Lipinski definition) is 0. The molecular formula is C17H26O3. The molecule has 0 aromatic carbocycles. The Kier molecular flexibility index (Phi) is 3.83. The van der Waals surface area contributed by atoms with Gasteiger partial charge in [0.05, 0.1) is 12.5 Å². The highest BCUT2D eigenvalue weighted by molar-refractivity contribution is 6.05. The smallest absolute Gasteiger partial charge is 0.312 e.